The van der Waals surface area contributed by atoms with Gasteiger partial charge in [-0.05, 0) is 43.3 Å². The Bertz CT molecular complexity index is 1190. The molecule has 0 unspecified atom stereocenters. The third-order valence-corrected chi connectivity index (χ3v) is 5.15. The Labute approximate surface area is 166 Å². The molecule has 0 saturated heterocycles. The van der Waals surface area contributed by atoms with Gasteiger partial charge in [0.2, 0.25) is 0 Å². The number of hydrogen-bond acceptors (Lipinski definition) is 4. The third-order valence-electron chi connectivity index (χ3n) is 4.86. The largest absolute Gasteiger partial charge is 0.495 e. The summed E-state index contributed by atoms with van der Waals surface area (Å²) in [5, 5.41) is 11.0. The molecule has 2 heterocycles. The number of ether oxygens (including phenoxy) is 1. The van der Waals surface area contributed by atoms with Crippen molar-refractivity contribution in [3.8, 4) is 17.1 Å². The molecule has 2 aromatic carbocycles. The maximum Gasteiger partial charge on any atom is 0.298 e. The van der Waals surface area contributed by atoms with Crippen molar-refractivity contribution >= 4 is 28.4 Å². The minimum absolute atomic E-state index is 0.139. The lowest BCUT2D eigenvalue weighted by atomic mass is 10.1. The van der Waals surface area contributed by atoms with Crippen molar-refractivity contribution in [2.45, 2.75) is 13.5 Å². The summed E-state index contributed by atoms with van der Waals surface area (Å²) in [6.07, 6.45) is 0. The van der Waals surface area contributed by atoms with Crippen LogP contribution in [0.2, 0.25) is 5.02 Å². The number of furan rings is 1. The first kappa shape index (κ1) is 18.3. The highest BCUT2D eigenvalue weighted by Crippen LogP contribution is 2.32. The maximum atomic E-state index is 13.2. The van der Waals surface area contributed by atoms with E-state index in [0.717, 1.165) is 22.0 Å². The molecular formula is C22H18ClNO4. The van der Waals surface area contributed by atoms with Crippen molar-refractivity contribution in [3.05, 3.63) is 76.6 Å². The van der Waals surface area contributed by atoms with E-state index in [9.17, 15) is 9.90 Å². The number of carbonyl (C=O) groups is 1. The number of benzene rings is 2. The lowest BCUT2D eigenvalue weighted by Gasteiger charge is -2.06. The smallest absolute Gasteiger partial charge is 0.298 e. The van der Waals surface area contributed by atoms with Crippen LogP contribution in [0.5, 0.6) is 5.75 Å². The van der Waals surface area contributed by atoms with Crippen molar-refractivity contribution in [1.82, 2.24) is 4.57 Å². The van der Waals surface area contributed by atoms with Gasteiger partial charge in [-0.15, -0.1) is 0 Å². The summed E-state index contributed by atoms with van der Waals surface area (Å²) in [5.74, 6) is 1.01. The fraction of sp³-hybridized carbons (Fsp3) is 0.136. The van der Waals surface area contributed by atoms with Crippen LogP contribution in [0.15, 0.2) is 59.0 Å². The Morgan fingerprint density at radius 2 is 1.96 bits per heavy atom. The van der Waals surface area contributed by atoms with Crippen LogP contribution in [0.25, 0.3) is 22.2 Å². The number of methoxy groups -OCH3 is 1. The van der Waals surface area contributed by atoms with Gasteiger partial charge >= 0.3 is 0 Å². The summed E-state index contributed by atoms with van der Waals surface area (Å²) in [4.78, 5) is 13.2. The van der Waals surface area contributed by atoms with E-state index in [1.54, 1.807) is 35.9 Å². The number of rotatable bonds is 4. The molecule has 2 aromatic heterocycles. The first-order valence-corrected chi connectivity index (χ1v) is 9.11. The Kier molecular flexibility index (Phi) is 4.71. The molecule has 0 bridgehead atoms. The number of carbonyl (C=O) groups excluding carboxylic acids is 1. The Hall–Kier alpha value is -3.02. The molecule has 0 radical (unpaired) electrons. The van der Waals surface area contributed by atoms with E-state index < -0.39 is 0 Å². The molecule has 0 saturated carbocycles. The topological polar surface area (TPSA) is 64.6 Å². The fourth-order valence-corrected chi connectivity index (χ4v) is 3.69. The molecule has 0 aliphatic carbocycles. The van der Waals surface area contributed by atoms with E-state index in [1.807, 2.05) is 37.3 Å². The lowest BCUT2D eigenvalue weighted by molar-refractivity contribution is 0.0936. The zero-order valence-electron chi connectivity index (χ0n) is 15.4. The zero-order chi connectivity index (χ0) is 19.8. The van der Waals surface area contributed by atoms with Crippen LogP contribution >= 0.6 is 11.6 Å². The Balaban J connectivity index is 1.76. The molecule has 4 rings (SSSR count). The maximum absolute atomic E-state index is 13.2. The SMILES string of the molecule is COc1ccc(-c2ccc(C(=O)n3c(C)c(CO)c4ccccc43)o2)cc1Cl. The highest BCUT2D eigenvalue weighted by Gasteiger charge is 2.22. The van der Waals surface area contributed by atoms with E-state index in [1.165, 1.54) is 0 Å². The number of hydrogen-bond donors (Lipinski definition) is 1. The highest BCUT2D eigenvalue weighted by molar-refractivity contribution is 6.32. The first-order valence-electron chi connectivity index (χ1n) is 8.73. The molecule has 142 valence electrons. The molecule has 0 aliphatic heterocycles. The number of nitrogens with zero attached hydrogens (tertiary/aromatic N) is 1. The van der Waals surface area contributed by atoms with E-state index in [-0.39, 0.29) is 18.3 Å². The summed E-state index contributed by atoms with van der Waals surface area (Å²) < 4.78 is 12.6. The second-order valence-corrected chi connectivity index (χ2v) is 6.80. The average Bonchev–Trinajstić information content (AvgIpc) is 3.30. The fourth-order valence-electron chi connectivity index (χ4n) is 3.43. The number of para-hydroxylation sites is 1. The molecule has 28 heavy (non-hydrogen) atoms. The van der Waals surface area contributed by atoms with Crippen LogP contribution in [0.4, 0.5) is 0 Å². The van der Waals surface area contributed by atoms with Crippen LogP contribution in [-0.4, -0.2) is 22.7 Å². The molecule has 0 amide bonds. The van der Waals surface area contributed by atoms with Gasteiger partial charge in [-0.25, -0.2) is 0 Å². The number of halogens is 1. The number of fused-ring (bicyclic) bond motifs is 1. The molecule has 4 aromatic rings. The molecule has 1 N–H and O–H groups in total. The van der Waals surface area contributed by atoms with E-state index in [2.05, 4.69) is 0 Å². The standard InChI is InChI=1S/C22H18ClNO4/c1-13-16(12-25)15-5-3-4-6-18(15)24(13)22(26)21-10-9-19(28-21)14-7-8-20(27-2)17(23)11-14/h3-11,25H,12H2,1-2H3. The van der Waals surface area contributed by atoms with Crippen LogP contribution in [0.3, 0.4) is 0 Å². The Morgan fingerprint density at radius 3 is 2.68 bits per heavy atom. The van der Waals surface area contributed by atoms with Crippen molar-refractivity contribution < 1.29 is 19.1 Å². The molecule has 6 heteroatoms. The summed E-state index contributed by atoms with van der Waals surface area (Å²) in [6.45, 7) is 1.68. The zero-order valence-corrected chi connectivity index (χ0v) is 16.2. The second-order valence-electron chi connectivity index (χ2n) is 6.39. The van der Waals surface area contributed by atoms with Gasteiger partial charge in [-0.1, -0.05) is 29.8 Å². The monoisotopic (exact) mass is 395 g/mol. The summed E-state index contributed by atoms with van der Waals surface area (Å²) in [7, 11) is 1.55. The van der Waals surface area contributed by atoms with Crippen molar-refractivity contribution in [3.63, 3.8) is 0 Å². The highest BCUT2D eigenvalue weighted by atomic mass is 35.5. The van der Waals surface area contributed by atoms with Gasteiger partial charge in [0.1, 0.15) is 11.5 Å². The molecule has 0 aliphatic rings. The van der Waals surface area contributed by atoms with Gasteiger partial charge in [0.05, 0.1) is 24.3 Å². The number of aliphatic hydroxyl groups is 1. The molecule has 5 nitrogen and oxygen atoms in total. The van der Waals surface area contributed by atoms with Crippen LogP contribution < -0.4 is 4.74 Å². The van der Waals surface area contributed by atoms with E-state index in [4.69, 9.17) is 20.8 Å². The average molecular weight is 396 g/mol. The third kappa shape index (κ3) is 2.89. The number of aromatic nitrogens is 1. The van der Waals surface area contributed by atoms with E-state index >= 15 is 0 Å². The summed E-state index contributed by atoms with van der Waals surface area (Å²) in [5.41, 5.74) is 2.91. The molecule has 0 spiro atoms. The first-order chi connectivity index (χ1) is 13.5. The van der Waals surface area contributed by atoms with Gasteiger partial charge in [0.25, 0.3) is 5.91 Å². The normalized spacial score (nSPS) is 11.1. The van der Waals surface area contributed by atoms with Crippen LogP contribution in [0, 0.1) is 6.92 Å². The quantitative estimate of drug-likeness (QED) is 0.525. The summed E-state index contributed by atoms with van der Waals surface area (Å²) in [6, 6.07) is 16.2. The van der Waals surface area contributed by atoms with Crippen LogP contribution in [0.1, 0.15) is 21.8 Å². The van der Waals surface area contributed by atoms with Crippen molar-refractivity contribution in [2.24, 2.45) is 0 Å². The van der Waals surface area contributed by atoms with Gasteiger partial charge in [0.15, 0.2) is 5.76 Å². The van der Waals surface area contributed by atoms with Gasteiger partial charge < -0.3 is 14.3 Å². The van der Waals surface area contributed by atoms with Crippen LogP contribution in [-0.2, 0) is 6.61 Å². The minimum atomic E-state index is -0.292. The van der Waals surface area contributed by atoms with Gasteiger partial charge in [0, 0.05) is 22.2 Å². The van der Waals surface area contributed by atoms with Gasteiger partial charge in [-0.3, -0.25) is 9.36 Å². The summed E-state index contributed by atoms with van der Waals surface area (Å²) >= 11 is 6.19. The molecule has 0 fully saturated rings. The lowest BCUT2D eigenvalue weighted by Crippen LogP contribution is -2.12. The Morgan fingerprint density at radius 1 is 1.18 bits per heavy atom. The van der Waals surface area contributed by atoms with Crippen molar-refractivity contribution in [2.75, 3.05) is 7.11 Å². The predicted octanol–water partition coefficient (Wildman–Crippen LogP) is 5.05. The van der Waals surface area contributed by atoms with Gasteiger partial charge in [-0.2, -0.15) is 0 Å². The van der Waals surface area contributed by atoms with E-state index in [0.29, 0.717) is 22.2 Å². The minimum Gasteiger partial charge on any atom is -0.495 e. The molecule has 0 atom stereocenters. The van der Waals surface area contributed by atoms with Crippen molar-refractivity contribution in [1.29, 1.82) is 0 Å². The second kappa shape index (κ2) is 7.19. The number of aliphatic hydroxyl groups excluding tert-OH is 1. The predicted molar refractivity (Wildman–Crippen MR) is 108 cm³/mol. The molecular weight excluding hydrogens is 378 g/mol.